The highest BCUT2D eigenvalue weighted by Crippen LogP contribution is 2.38. The summed E-state index contributed by atoms with van der Waals surface area (Å²) >= 11 is 15.4. The van der Waals surface area contributed by atoms with Gasteiger partial charge >= 0.3 is 5.97 Å². The number of amides is 1. The second-order valence-corrected chi connectivity index (χ2v) is 5.96. The molecule has 0 saturated carbocycles. The van der Waals surface area contributed by atoms with E-state index in [1.807, 2.05) is 0 Å². The normalized spacial score (nSPS) is 18.8. The first-order valence-electron chi connectivity index (χ1n) is 5.45. The van der Waals surface area contributed by atoms with Crippen LogP contribution in [-0.4, -0.2) is 30.9 Å². The Balaban J connectivity index is 2.43. The van der Waals surface area contributed by atoms with Crippen molar-refractivity contribution in [1.82, 2.24) is 0 Å². The molecule has 0 spiro atoms. The standard InChI is InChI=1S/C12H10BrCl2NO3/c1-19-12(18)6-2-8(13)11(9(15)3-6)16-5-7(14)4-10(16)17/h2-3,7H,4-5H2,1H3. The number of ether oxygens (including phenoxy) is 1. The first-order valence-corrected chi connectivity index (χ1v) is 7.06. The summed E-state index contributed by atoms with van der Waals surface area (Å²) in [5, 5.41) is 0.0737. The molecule has 1 aliphatic heterocycles. The van der Waals surface area contributed by atoms with E-state index >= 15 is 0 Å². The van der Waals surface area contributed by atoms with Gasteiger partial charge in [-0.3, -0.25) is 4.79 Å². The van der Waals surface area contributed by atoms with Gasteiger partial charge in [0.25, 0.3) is 0 Å². The van der Waals surface area contributed by atoms with Crippen LogP contribution < -0.4 is 4.90 Å². The number of hydrogen-bond acceptors (Lipinski definition) is 3. The minimum absolute atomic E-state index is 0.0894. The van der Waals surface area contributed by atoms with Crippen molar-refractivity contribution in [2.24, 2.45) is 0 Å². The van der Waals surface area contributed by atoms with Crippen molar-refractivity contribution in [3.05, 3.63) is 27.2 Å². The number of hydrogen-bond donors (Lipinski definition) is 0. The maximum atomic E-state index is 11.8. The van der Waals surface area contributed by atoms with E-state index in [2.05, 4.69) is 20.7 Å². The number of nitrogens with zero attached hydrogens (tertiary/aromatic N) is 1. The topological polar surface area (TPSA) is 46.6 Å². The van der Waals surface area contributed by atoms with Gasteiger partial charge in [0.2, 0.25) is 5.91 Å². The SMILES string of the molecule is COC(=O)c1cc(Cl)c(N2CC(Cl)CC2=O)c(Br)c1. The van der Waals surface area contributed by atoms with Crippen molar-refractivity contribution in [2.45, 2.75) is 11.8 Å². The molecule has 102 valence electrons. The molecule has 1 unspecified atom stereocenters. The molecule has 0 radical (unpaired) electrons. The number of methoxy groups -OCH3 is 1. The van der Waals surface area contributed by atoms with E-state index in [0.29, 0.717) is 27.3 Å². The monoisotopic (exact) mass is 365 g/mol. The van der Waals surface area contributed by atoms with E-state index in [1.54, 1.807) is 6.07 Å². The fourth-order valence-corrected chi connectivity index (χ4v) is 3.32. The summed E-state index contributed by atoms with van der Waals surface area (Å²) in [6.45, 7) is 0.399. The number of carbonyl (C=O) groups excluding carboxylic acids is 2. The van der Waals surface area contributed by atoms with E-state index in [-0.39, 0.29) is 17.7 Å². The molecule has 7 heteroatoms. The molecule has 1 saturated heterocycles. The second-order valence-electron chi connectivity index (χ2n) is 4.09. The molecule has 0 N–H and O–H groups in total. The summed E-state index contributed by atoms with van der Waals surface area (Å²) in [6, 6.07) is 3.05. The maximum absolute atomic E-state index is 11.8. The molecule has 0 aliphatic carbocycles. The van der Waals surface area contributed by atoms with E-state index in [0.717, 1.165) is 0 Å². The number of halogens is 3. The van der Waals surface area contributed by atoms with Gasteiger partial charge in [-0.2, -0.15) is 0 Å². The first kappa shape index (κ1) is 14.6. The Labute approximate surface area is 128 Å². The van der Waals surface area contributed by atoms with Gasteiger partial charge in [0.05, 0.1) is 28.8 Å². The van der Waals surface area contributed by atoms with E-state index in [9.17, 15) is 9.59 Å². The van der Waals surface area contributed by atoms with Crippen LogP contribution in [0.15, 0.2) is 16.6 Å². The Bertz CT molecular complexity index is 527. The summed E-state index contributed by atoms with van der Waals surface area (Å²) in [5.41, 5.74) is 0.847. The molecule has 4 nitrogen and oxygen atoms in total. The van der Waals surface area contributed by atoms with Crippen LogP contribution in [0.4, 0.5) is 5.69 Å². The van der Waals surface area contributed by atoms with Gasteiger partial charge in [0.15, 0.2) is 0 Å². The number of alkyl halides is 1. The molecule has 1 fully saturated rings. The van der Waals surface area contributed by atoms with Crippen LogP contribution in [0.2, 0.25) is 5.02 Å². The Kier molecular flexibility index (Phi) is 4.38. The summed E-state index contributed by atoms with van der Waals surface area (Å²) < 4.78 is 5.18. The van der Waals surface area contributed by atoms with Gasteiger partial charge in [-0.25, -0.2) is 4.79 Å². The number of benzene rings is 1. The number of carbonyl (C=O) groups is 2. The largest absolute Gasteiger partial charge is 0.465 e. The third-order valence-corrected chi connectivity index (χ3v) is 3.97. The van der Waals surface area contributed by atoms with Crippen LogP contribution in [0.25, 0.3) is 0 Å². The summed E-state index contributed by atoms with van der Waals surface area (Å²) in [7, 11) is 1.29. The zero-order valence-electron chi connectivity index (χ0n) is 9.95. The van der Waals surface area contributed by atoms with Crippen molar-refractivity contribution in [3.63, 3.8) is 0 Å². The van der Waals surface area contributed by atoms with Crippen molar-refractivity contribution < 1.29 is 14.3 Å². The highest BCUT2D eigenvalue weighted by molar-refractivity contribution is 9.10. The highest BCUT2D eigenvalue weighted by atomic mass is 79.9. The van der Waals surface area contributed by atoms with E-state index < -0.39 is 5.97 Å². The van der Waals surface area contributed by atoms with E-state index in [1.165, 1.54) is 18.1 Å². The third kappa shape index (κ3) is 2.88. The summed E-state index contributed by atoms with van der Waals surface area (Å²) in [4.78, 5) is 24.8. The lowest BCUT2D eigenvalue weighted by molar-refractivity contribution is -0.117. The van der Waals surface area contributed by atoms with Crippen LogP contribution in [0.3, 0.4) is 0 Å². The minimum atomic E-state index is -0.489. The average molecular weight is 367 g/mol. The minimum Gasteiger partial charge on any atom is -0.465 e. The van der Waals surface area contributed by atoms with Crippen LogP contribution in [0, 0.1) is 0 Å². The Hall–Kier alpha value is -0.780. The van der Waals surface area contributed by atoms with Gasteiger partial charge in [0, 0.05) is 17.4 Å². The fraction of sp³-hybridized carbons (Fsp3) is 0.333. The Morgan fingerprint density at radius 1 is 1.53 bits per heavy atom. The van der Waals surface area contributed by atoms with Gasteiger partial charge in [-0.15, -0.1) is 11.6 Å². The molecule has 2 rings (SSSR count). The lowest BCUT2D eigenvalue weighted by atomic mass is 10.2. The van der Waals surface area contributed by atoms with Crippen molar-refractivity contribution >= 4 is 56.7 Å². The lowest BCUT2D eigenvalue weighted by Gasteiger charge is -2.19. The average Bonchev–Trinajstić information content (AvgIpc) is 2.66. The molecule has 1 heterocycles. The van der Waals surface area contributed by atoms with Crippen LogP contribution >= 0.6 is 39.1 Å². The van der Waals surface area contributed by atoms with Gasteiger partial charge in [-0.1, -0.05) is 11.6 Å². The maximum Gasteiger partial charge on any atom is 0.337 e. The zero-order valence-corrected chi connectivity index (χ0v) is 13.0. The van der Waals surface area contributed by atoms with Crippen molar-refractivity contribution in [1.29, 1.82) is 0 Å². The van der Waals surface area contributed by atoms with Crippen LogP contribution in [0.1, 0.15) is 16.8 Å². The fourth-order valence-electron chi connectivity index (χ4n) is 1.94. The van der Waals surface area contributed by atoms with Crippen LogP contribution in [-0.2, 0) is 9.53 Å². The zero-order chi connectivity index (χ0) is 14.2. The predicted octanol–water partition coefficient (Wildman–Crippen LogP) is 3.23. The number of esters is 1. The molecular weight excluding hydrogens is 357 g/mol. The predicted molar refractivity (Wildman–Crippen MR) is 77.1 cm³/mol. The highest BCUT2D eigenvalue weighted by Gasteiger charge is 2.32. The molecule has 1 aliphatic rings. The molecule has 1 aromatic rings. The number of rotatable bonds is 2. The second kappa shape index (κ2) is 5.69. The Morgan fingerprint density at radius 3 is 2.68 bits per heavy atom. The van der Waals surface area contributed by atoms with Crippen molar-refractivity contribution in [2.75, 3.05) is 18.6 Å². The van der Waals surface area contributed by atoms with E-state index in [4.69, 9.17) is 23.2 Å². The molecule has 1 amide bonds. The summed E-state index contributed by atoms with van der Waals surface area (Å²) in [5.74, 6) is -0.578. The van der Waals surface area contributed by atoms with Crippen molar-refractivity contribution in [3.8, 4) is 0 Å². The smallest absolute Gasteiger partial charge is 0.337 e. The van der Waals surface area contributed by atoms with Gasteiger partial charge in [-0.05, 0) is 28.1 Å². The molecule has 0 bridgehead atoms. The molecule has 0 aromatic heterocycles. The first-order chi connectivity index (χ1) is 8.93. The molecular formula is C12H10BrCl2NO3. The van der Waals surface area contributed by atoms with Gasteiger partial charge < -0.3 is 9.64 Å². The third-order valence-electron chi connectivity index (χ3n) is 2.79. The molecule has 19 heavy (non-hydrogen) atoms. The van der Waals surface area contributed by atoms with Crippen LogP contribution in [0.5, 0.6) is 0 Å². The molecule has 1 atom stereocenters. The molecule has 1 aromatic carbocycles. The number of anilines is 1. The summed E-state index contributed by atoms with van der Waals surface area (Å²) in [6.07, 6.45) is 0.281. The quantitative estimate of drug-likeness (QED) is 0.596. The lowest BCUT2D eigenvalue weighted by Crippen LogP contribution is -2.25. The Morgan fingerprint density at radius 2 is 2.21 bits per heavy atom. The van der Waals surface area contributed by atoms with Gasteiger partial charge in [0.1, 0.15) is 0 Å².